The van der Waals surface area contributed by atoms with Crippen LogP contribution < -0.4 is 16.0 Å². The van der Waals surface area contributed by atoms with Gasteiger partial charge in [-0.1, -0.05) is 0 Å². The van der Waals surface area contributed by atoms with Gasteiger partial charge in [0.15, 0.2) is 0 Å². The number of carbonyl (C=O) groups excluding carboxylic acids is 1. The predicted molar refractivity (Wildman–Crippen MR) is 47.4 cm³/mol. The Morgan fingerprint density at radius 1 is 1.62 bits per heavy atom. The Labute approximate surface area is 74.8 Å². The van der Waals surface area contributed by atoms with E-state index in [1.165, 1.54) is 0 Å². The molecular formula is C7H9N5O. The molecule has 0 aliphatic carbocycles. The number of urea groups is 1. The molecule has 2 heterocycles. The Balaban J connectivity index is 2.38. The van der Waals surface area contributed by atoms with Crippen molar-refractivity contribution in [2.45, 2.75) is 6.54 Å². The zero-order valence-electron chi connectivity index (χ0n) is 7.09. The number of hydrogen-bond donors (Lipinski definition) is 3. The van der Waals surface area contributed by atoms with Crippen LogP contribution in [0.25, 0.3) is 0 Å². The van der Waals surface area contributed by atoms with Gasteiger partial charge >= 0.3 is 6.03 Å². The van der Waals surface area contributed by atoms with Gasteiger partial charge in [-0.15, -0.1) is 0 Å². The largest absolute Gasteiger partial charge is 0.357 e. The second-order valence-corrected chi connectivity index (χ2v) is 2.63. The molecule has 68 valence electrons. The van der Waals surface area contributed by atoms with Crippen molar-refractivity contribution in [2.75, 3.05) is 17.7 Å². The molecule has 3 N–H and O–H groups in total. The smallest absolute Gasteiger partial charge is 0.320 e. The number of nitrogens with one attached hydrogen (secondary N) is 3. The minimum atomic E-state index is -0.228. The highest BCUT2D eigenvalue weighted by molar-refractivity contribution is 5.90. The summed E-state index contributed by atoms with van der Waals surface area (Å²) >= 11 is 0. The maximum atomic E-state index is 10.9. The Kier molecular flexibility index (Phi) is 1.73. The minimum absolute atomic E-state index is 0.228. The topological polar surface area (TPSA) is 78.9 Å². The quantitative estimate of drug-likeness (QED) is 0.573. The fourth-order valence-electron chi connectivity index (χ4n) is 1.09. The molecule has 6 nitrogen and oxygen atoms in total. The van der Waals surface area contributed by atoms with Crippen LogP contribution in [-0.2, 0) is 6.54 Å². The van der Waals surface area contributed by atoms with E-state index in [4.69, 9.17) is 0 Å². The van der Waals surface area contributed by atoms with Crippen LogP contribution in [-0.4, -0.2) is 23.0 Å². The highest BCUT2D eigenvalue weighted by Crippen LogP contribution is 2.15. The third-order valence-corrected chi connectivity index (χ3v) is 1.76. The summed E-state index contributed by atoms with van der Waals surface area (Å²) in [5.41, 5.74) is 0.888. The number of fused-ring (bicyclic) bond motifs is 1. The second kappa shape index (κ2) is 2.89. The zero-order chi connectivity index (χ0) is 9.26. The maximum absolute atomic E-state index is 10.9. The molecule has 0 unspecified atom stereocenters. The van der Waals surface area contributed by atoms with Crippen molar-refractivity contribution in [1.29, 1.82) is 0 Å². The van der Waals surface area contributed by atoms with E-state index in [1.54, 1.807) is 13.2 Å². The van der Waals surface area contributed by atoms with Crippen LogP contribution in [0.15, 0.2) is 6.20 Å². The van der Waals surface area contributed by atoms with E-state index >= 15 is 0 Å². The van der Waals surface area contributed by atoms with Gasteiger partial charge in [-0.05, 0) is 0 Å². The summed E-state index contributed by atoms with van der Waals surface area (Å²) in [7, 11) is 1.73. The van der Waals surface area contributed by atoms with Gasteiger partial charge in [0.25, 0.3) is 0 Å². The van der Waals surface area contributed by atoms with Gasteiger partial charge in [0, 0.05) is 25.4 Å². The summed E-state index contributed by atoms with van der Waals surface area (Å²) in [4.78, 5) is 19.0. The van der Waals surface area contributed by atoms with E-state index in [9.17, 15) is 4.79 Å². The molecule has 1 aliphatic rings. The summed E-state index contributed by atoms with van der Waals surface area (Å²) in [6, 6.07) is -0.228. The Bertz CT molecular complexity index is 351. The summed E-state index contributed by atoms with van der Waals surface area (Å²) < 4.78 is 0. The predicted octanol–water partition coefficient (Wildman–Crippen LogP) is 0.153. The number of carbonyl (C=O) groups is 1. The average Bonchev–Trinajstić information content (AvgIpc) is 2.16. The molecule has 1 aliphatic heterocycles. The maximum Gasteiger partial charge on any atom is 0.320 e. The van der Waals surface area contributed by atoms with E-state index in [0.29, 0.717) is 18.3 Å². The lowest BCUT2D eigenvalue weighted by atomic mass is 10.3. The van der Waals surface area contributed by atoms with E-state index < -0.39 is 0 Å². The molecule has 0 saturated carbocycles. The standard InChI is InChI=1S/C7H9N5O/c1-8-6-9-2-4-3-10-7(13)12-5(4)11-6/h2H,3H2,1H3,(H3,8,9,10,11,12,13). The zero-order valence-corrected chi connectivity index (χ0v) is 7.09. The minimum Gasteiger partial charge on any atom is -0.357 e. The fraction of sp³-hybridized carbons (Fsp3) is 0.286. The Morgan fingerprint density at radius 3 is 3.23 bits per heavy atom. The van der Waals surface area contributed by atoms with Crippen molar-refractivity contribution in [3.8, 4) is 0 Å². The van der Waals surface area contributed by atoms with Crippen LogP contribution in [0, 0.1) is 0 Å². The molecule has 0 spiro atoms. The van der Waals surface area contributed by atoms with Crippen molar-refractivity contribution < 1.29 is 4.79 Å². The van der Waals surface area contributed by atoms with Gasteiger partial charge in [-0.25, -0.2) is 9.78 Å². The fourth-order valence-corrected chi connectivity index (χ4v) is 1.09. The van der Waals surface area contributed by atoms with Gasteiger partial charge in [-0.2, -0.15) is 4.98 Å². The molecule has 0 saturated heterocycles. The third kappa shape index (κ3) is 1.37. The molecule has 0 atom stereocenters. The van der Waals surface area contributed by atoms with Crippen LogP contribution in [0.1, 0.15) is 5.56 Å². The van der Waals surface area contributed by atoms with E-state index in [0.717, 1.165) is 5.56 Å². The van der Waals surface area contributed by atoms with Crippen LogP contribution in [0.3, 0.4) is 0 Å². The summed E-state index contributed by atoms with van der Waals surface area (Å²) in [5.74, 6) is 1.07. The van der Waals surface area contributed by atoms with Crippen molar-refractivity contribution >= 4 is 17.8 Å². The first-order valence-electron chi connectivity index (χ1n) is 3.88. The normalized spacial score (nSPS) is 14.1. The number of hydrogen-bond acceptors (Lipinski definition) is 4. The highest BCUT2D eigenvalue weighted by atomic mass is 16.2. The molecule has 0 fully saturated rings. The number of amides is 2. The molecule has 0 radical (unpaired) electrons. The van der Waals surface area contributed by atoms with Gasteiger partial charge in [0.2, 0.25) is 5.95 Å². The molecule has 13 heavy (non-hydrogen) atoms. The van der Waals surface area contributed by atoms with Crippen molar-refractivity contribution in [3.63, 3.8) is 0 Å². The Morgan fingerprint density at radius 2 is 2.46 bits per heavy atom. The van der Waals surface area contributed by atoms with Gasteiger partial charge in [-0.3, -0.25) is 5.32 Å². The van der Waals surface area contributed by atoms with Crippen LogP contribution in [0.5, 0.6) is 0 Å². The molecule has 0 aromatic carbocycles. The lowest BCUT2D eigenvalue weighted by Gasteiger charge is -2.16. The summed E-state index contributed by atoms with van der Waals surface area (Å²) in [6.45, 7) is 0.477. The number of aromatic nitrogens is 2. The molecule has 2 amide bonds. The van der Waals surface area contributed by atoms with E-state index in [1.807, 2.05) is 0 Å². The van der Waals surface area contributed by atoms with Crippen molar-refractivity contribution in [3.05, 3.63) is 11.8 Å². The van der Waals surface area contributed by atoms with Crippen molar-refractivity contribution in [1.82, 2.24) is 15.3 Å². The third-order valence-electron chi connectivity index (χ3n) is 1.76. The molecular weight excluding hydrogens is 170 g/mol. The SMILES string of the molecule is CNc1ncc2c(n1)NC(=O)NC2. The highest BCUT2D eigenvalue weighted by Gasteiger charge is 2.15. The summed E-state index contributed by atoms with van der Waals surface area (Å²) in [5, 5.41) is 8.02. The molecule has 2 rings (SSSR count). The first-order valence-corrected chi connectivity index (χ1v) is 3.88. The van der Waals surface area contributed by atoms with E-state index in [2.05, 4.69) is 25.9 Å². The van der Waals surface area contributed by atoms with Gasteiger partial charge in [0.05, 0.1) is 0 Å². The summed E-state index contributed by atoms with van der Waals surface area (Å²) in [6.07, 6.45) is 1.68. The average molecular weight is 179 g/mol. The van der Waals surface area contributed by atoms with Gasteiger partial charge in [0.1, 0.15) is 5.82 Å². The van der Waals surface area contributed by atoms with Crippen LogP contribution in [0.2, 0.25) is 0 Å². The molecule has 1 aromatic heterocycles. The number of rotatable bonds is 1. The monoisotopic (exact) mass is 179 g/mol. The van der Waals surface area contributed by atoms with Gasteiger partial charge < -0.3 is 10.6 Å². The van der Waals surface area contributed by atoms with Crippen molar-refractivity contribution in [2.24, 2.45) is 0 Å². The first kappa shape index (κ1) is 7.78. The lowest BCUT2D eigenvalue weighted by Crippen LogP contribution is -2.34. The number of nitrogens with zero attached hydrogens (tertiary/aromatic N) is 2. The molecule has 0 bridgehead atoms. The Hall–Kier alpha value is -1.85. The molecule has 6 heteroatoms. The van der Waals surface area contributed by atoms with E-state index in [-0.39, 0.29) is 6.03 Å². The number of anilines is 2. The lowest BCUT2D eigenvalue weighted by molar-refractivity contribution is 0.250. The van der Waals surface area contributed by atoms with Crippen LogP contribution >= 0.6 is 0 Å². The first-order chi connectivity index (χ1) is 6.29. The van der Waals surface area contributed by atoms with Crippen LogP contribution in [0.4, 0.5) is 16.6 Å². The second-order valence-electron chi connectivity index (χ2n) is 2.63. The molecule has 1 aromatic rings.